The number of carbonyl (C=O) groups excluding carboxylic acids is 1. The lowest BCUT2D eigenvalue weighted by Crippen LogP contribution is -2.39. The SMILES string of the molecule is CC(NC(=O)CNCC(F)(F)F)c1ccccc1Cl. The van der Waals surface area contributed by atoms with Crippen molar-refractivity contribution in [1.29, 1.82) is 0 Å². The first-order valence-electron chi connectivity index (χ1n) is 5.61. The van der Waals surface area contributed by atoms with Crippen molar-refractivity contribution in [2.75, 3.05) is 13.1 Å². The molecule has 0 heterocycles. The first kappa shape index (κ1) is 15.8. The Morgan fingerprint density at radius 3 is 2.58 bits per heavy atom. The Balaban J connectivity index is 2.43. The Bertz CT molecular complexity index is 437. The minimum Gasteiger partial charge on any atom is -0.348 e. The molecule has 106 valence electrons. The van der Waals surface area contributed by atoms with Crippen LogP contribution in [-0.2, 0) is 4.79 Å². The first-order valence-corrected chi connectivity index (χ1v) is 5.98. The van der Waals surface area contributed by atoms with Crippen LogP contribution in [0.5, 0.6) is 0 Å². The van der Waals surface area contributed by atoms with Gasteiger partial charge in [0.25, 0.3) is 0 Å². The molecule has 7 heteroatoms. The predicted octanol–water partition coefficient (Wildman–Crippen LogP) is 2.67. The Labute approximate surface area is 114 Å². The summed E-state index contributed by atoms with van der Waals surface area (Å²) in [5.41, 5.74) is 0.716. The lowest BCUT2D eigenvalue weighted by atomic mass is 10.1. The van der Waals surface area contributed by atoms with E-state index in [1.807, 2.05) is 5.32 Å². The molecular weight excluding hydrogens is 281 g/mol. The normalized spacial score (nSPS) is 13.1. The number of nitrogens with one attached hydrogen (secondary N) is 2. The monoisotopic (exact) mass is 294 g/mol. The zero-order chi connectivity index (χ0) is 14.5. The lowest BCUT2D eigenvalue weighted by Gasteiger charge is -2.16. The molecule has 1 amide bonds. The number of hydrogen-bond donors (Lipinski definition) is 2. The third-order valence-corrected chi connectivity index (χ3v) is 2.70. The van der Waals surface area contributed by atoms with Gasteiger partial charge < -0.3 is 10.6 Å². The van der Waals surface area contributed by atoms with Crippen molar-refractivity contribution in [3.63, 3.8) is 0 Å². The molecule has 0 aliphatic carbocycles. The quantitative estimate of drug-likeness (QED) is 0.876. The van der Waals surface area contributed by atoms with Gasteiger partial charge in [-0.2, -0.15) is 13.2 Å². The van der Waals surface area contributed by atoms with E-state index in [0.29, 0.717) is 10.6 Å². The van der Waals surface area contributed by atoms with Gasteiger partial charge in [-0.25, -0.2) is 0 Å². The van der Waals surface area contributed by atoms with Crippen LogP contribution in [0.3, 0.4) is 0 Å². The molecule has 0 fully saturated rings. The molecule has 0 bridgehead atoms. The smallest absolute Gasteiger partial charge is 0.348 e. The van der Waals surface area contributed by atoms with Gasteiger partial charge in [0.05, 0.1) is 19.1 Å². The summed E-state index contributed by atoms with van der Waals surface area (Å²) in [6, 6.07) is 6.59. The highest BCUT2D eigenvalue weighted by Gasteiger charge is 2.26. The second-order valence-electron chi connectivity index (χ2n) is 4.03. The van der Waals surface area contributed by atoms with Gasteiger partial charge in [0.15, 0.2) is 0 Å². The van der Waals surface area contributed by atoms with Crippen LogP contribution in [0.15, 0.2) is 24.3 Å². The standard InChI is InChI=1S/C12H14ClF3N2O/c1-8(9-4-2-3-5-10(9)13)18-11(19)6-17-7-12(14,15)16/h2-5,8,17H,6-7H2,1H3,(H,18,19). The van der Waals surface area contributed by atoms with E-state index in [4.69, 9.17) is 11.6 Å². The topological polar surface area (TPSA) is 41.1 Å². The van der Waals surface area contributed by atoms with Crippen LogP contribution in [-0.4, -0.2) is 25.2 Å². The zero-order valence-corrected chi connectivity index (χ0v) is 11.0. The van der Waals surface area contributed by atoms with Crippen molar-refractivity contribution in [3.8, 4) is 0 Å². The molecular formula is C12H14ClF3N2O. The summed E-state index contributed by atoms with van der Waals surface area (Å²) in [4.78, 5) is 11.4. The highest BCUT2D eigenvalue weighted by Crippen LogP contribution is 2.21. The van der Waals surface area contributed by atoms with Crippen molar-refractivity contribution >= 4 is 17.5 Å². The maximum atomic E-state index is 11.9. The van der Waals surface area contributed by atoms with Crippen LogP contribution < -0.4 is 10.6 Å². The van der Waals surface area contributed by atoms with E-state index in [-0.39, 0.29) is 6.04 Å². The maximum Gasteiger partial charge on any atom is 0.401 e. The van der Waals surface area contributed by atoms with Gasteiger partial charge in [-0.05, 0) is 18.6 Å². The Hall–Kier alpha value is -1.27. The third kappa shape index (κ3) is 5.94. The van der Waals surface area contributed by atoms with Crippen molar-refractivity contribution < 1.29 is 18.0 Å². The van der Waals surface area contributed by atoms with Gasteiger partial charge in [-0.1, -0.05) is 29.8 Å². The molecule has 0 aliphatic rings. The number of rotatable bonds is 5. The van der Waals surface area contributed by atoms with E-state index in [1.54, 1.807) is 31.2 Å². The van der Waals surface area contributed by atoms with Crippen LogP contribution >= 0.6 is 11.6 Å². The molecule has 0 aliphatic heterocycles. The second kappa shape index (κ2) is 6.77. The summed E-state index contributed by atoms with van der Waals surface area (Å²) < 4.78 is 35.6. The highest BCUT2D eigenvalue weighted by molar-refractivity contribution is 6.31. The largest absolute Gasteiger partial charge is 0.401 e. The molecule has 1 rings (SSSR count). The molecule has 0 spiro atoms. The fourth-order valence-corrected chi connectivity index (χ4v) is 1.81. The fraction of sp³-hybridized carbons (Fsp3) is 0.417. The number of hydrogen-bond acceptors (Lipinski definition) is 2. The van der Waals surface area contributed by atoms with E-state index < -0.39 is 25.2 Å². The Morgan fingerprint density at radius 1 is 1.37 bits per heavy atom. The van der Waals surface area contributed by atoms with Crippen LogP contribution in [0.2, 0.25) is 5.02 Å². The summed E-state index contributed by atoms with van der Waals surface area (Å²) in [7, 11) is 0. The molecule has 1 unspecified atom stereocenters. The second-order valence-corrected chi connectivity index (χ2v) is 4.44. The Morgan fingerprint density at radius 2 is 2.00 bits per heavy atom. The van der Waals surface area contributed by atoms with Crippen LogP contribution in [0.1, 0.15) is 18.5 Å². The van der Waals surface area contributed by atoms with Crippen molar-refractivity contribution in [2.45, 2.75) is 19.1 Å². The minimum absolute atomic E-state index is 0.367. The minimum atomic E-state index is -4.32. The van der Waals surface area contributed by atoms with Crippen molar-refractivity contribution in [3.05, 3.63) is 34.9 Å². The number of halogens is 4. The van der Waals surface area contributed by atoms with Gasteiger partial charge in [0.1, 0.15) is 0 Å². The van der Waals surface area contributed by atoms with Gasteiger partial charge in [-0.3, -0.25) is 4.79 Å². The average Bonchev–Trinajstić information content (AvgIpc) is 2.27. The summed E-state index contributed by atoms with van der Waals surface area (Å²) in [6.07, 6.45) is -4.32. The molecule has 1 aromatic carbocycles. The molecule has 1 atom stereocenters. The number of benzene rings is 1. The van der Waals surface area contributed by atoms with Crippen LogP contribution in [0, 0.1) is 0 Å². The molecule has 0 radical (unpaired) electrons. The molecule has 2 N–H and O–H groups in total. The number of amides is 1. The zero-order valence-electron chi connectivity index (χ0n) is 10.2. The molecule has 0 aromatic heterocycles. The maximum absolute atomic E-state index is 11.9. The molecule has 3 nitrogen and oxygen atoms in total. The highest BCUT2D eigenvalue weighted by atomic mass is 35.5. The van der Waals surface area contributed by atoms with Crippen molar-refractivity contribution in [1.82, 2.24) is 10.6 Å². The Kier molecular flexibility index (Phi) is 5.62. The molecule has 0 saturated heterocycles. The van der Waals surface area contributed by atoms with Crippen molar-refractivity contribution in [2.24, 2.45) is 0 Å². The summed E-state index contributed by atoms with van der Waals surface area (Å²) in [5.74, 6) is -0.517. The van der Waals surface area contributed by atoms with E-state index >= 15 is 0 Å². The fourth-order valence-electron chi connectivity index (χ4n) is 1.51. The van der Waals surface area contributed by atoms with Crippen LogP contribution in [0.25, 0.3) is 0 Å². The summed E-state index contributed by atoms with van der Waals surface area (Å²) in [6.45, 7) is 0.123. The first-order chi connectivity index (χ1) is 8.79. The summed E-state index contributed by atoms with van der Waals surface area (Å²) >= 11 is 5.95. The molecule has 0 saturated carbocycles. The van der Waals surface area contributed by atoms with E-state index in [1.165, 1.54) is 0 Å². The molecule has 1 aromatic rings. The van der Waals surface area contributed by atoms with Gasteiger partial charge in [0, 0.05) is 5.02 Å². The predicted molar refractivity (Wildman–Crippen MR) is 66.9 cm³/mol. The van der Waals surface area contributed by atoms with E-state index in [9.17, 15) is 18.0 Å². The third-order valence-electron chi connectivity index (χ3n) is 2.36. The van der Waals surface area contributed by atoms with Crippen LogP contribution in [0.4, 0.5) is 13.2 Å². The van der Waals surface area contributed by atoms with E-state index in [2.05, 4.69) is 5.32 Å². The number of alkyl halides is 3. The van der Waals surface area contributed by atoms with Gasteiger partial charge in [0.2, 0.25) is 5.91 Å². The van der Waals surface area contributed by atoms with E-state index in [0.717, 1.165) is 0 Å². The molecule has 19 heavy (non-hydrogen) atoms. The number of carbonyl (C=O) groups is 1. The average molecular weight is 295 g/mol. The lowest BCUT2D eigenvalue weighted by molar-refractivity contribution is -0.128. The summed E-state index contributed by atoms with van der Waals surface area (Å²) in [5, 5.41) is 5.10. The van der Waals surface area contributed by atoms with Gasteiger partial charge >= 0.3 is 6.18 Å². The van der Waals surface area contributed by atoms with Gasteiger partial charge in [-0.15, -0.1) is 0 Å².